The predicted molar refractivity (Wildman–Crippen MR) is 88.7 cm³/mol. The second-order valence-corrected chi connectivity index (χ2v) is 5.96. The Morgan fingerprint density at radius 3 is 2.22 bits per heavy atom. The van der Waals surface area contributed by atoms with Gasteiger partial charge in [-0.3, -0.25) is 4.79 Å². The van der Waals surface area contributed by atoms with E-state index < -0.39 is 5.41 Å². The zero-order chi connectivity index (χ0) is 16.1. The number of ether oxygens (including phenoxy) is 2. The molecule has 0 saturated heterocycles. The Balaban J connectivity index is 1.82. The number of hydrogen-bond donors (Lipinski definition) is 0. The fourth-order valence-corrected chi connectivity index (χ4v) is 2.94. The molecule has 2 aromatic carbocycles. The first-order valence-corrected chi connectivity index (χ1v) is 8.14. The molecule has 0 N–H and O–H groups in total. The van der Waals surface area contributed by atoms with E-state index in [0.29, 0.717) is 13.2 Å². The van der Waals surface area contributed by atoms with Gasteiger partial charge in [0.2, 0.25) is 0 Å². The van der Waals surface area contributed by atoms with Gasteiger partial charge in [-0.15, -0.1) is 0 Å². The van der Waals surface area contributed by atoms with Crippen molar-refractivity contribution in [1.82, 2.24) is 0 Å². The molecule has 2 aromatic rings. The highest BCUT2D eigenvalue weighted by atomic mass is 16.5. The summed E-state index contributed by atoms with van der Waals surface area (Å²) in [6.45, 7) is 2.73. The van der Waals surface area contributed by atoms with Crippen LogP contribution in [0.3, 0.4) is 0 Å². The minimum Gasteiger partial charge on any atom is -0.465 e. The Morgan fingerprint density at radius 2 is 1.65 bits per heavy atom. The van der Waals surface area contributed by atoms with Crippen LogP contribution in [0.5, 0.6) is 0 Å². The Hall–Kier alpha value is -2.13. The third kappa shape index (κ3) is 3.45. The zero-order valence-electron chi connectivity index (χ0n) is 13.4. The Kier molecular flexibility index (Phi) is 4.77. The van der Waals surface area contributed by atoms with E-state index in [-0.39, 0.29) is 12.1 Å². The van der Waals surface area contributed by atoms with Gasteiger partial charge in [-0.1, -0.05) is 60.7 Å². The van der Waals surface area contributed by atoms with E-state index in [1.54, 1.807) is 0 Å². The van der Waals surface area contributed by atoms with Gasteiger partial charge in [0.05, 0.1) is 24.7 Å². The molecule has 0 heterocycles. The average molecular weight is 310 g/mol. The molecule has 0 bridgehead atoms. The molecule has 0 aliphatic heterocycles. The molecule has 1 atom stereocenters. The Morgan fingerprint density at radius 1 is 1.04 bits per heavy atom. The summed E-state index contributed by atoms with van der Waals surface area (Å²) in [5, 5.41) is 0. The SMILES string of the molecule is CCOC(=O)C1(C(OCc2ccccc2)c2ccccc2)CC1. The van der Waals surface area contributed by atoms with Gasteiger partial charge >= 0.3 is 5.97 Å². The van der Waals surface area contributed by atoms with Crippen LogP contribution in [0.2, 0.25) is 0 Å². The summed E-state index contributed by atoms with van der Waals surface area (Å²) in [5.41, 5.74) is 1.62. The third-order valence-electron chi connectivity index (χ3n) is 4.33. The Labute approximate surface area is 137 Å². The molecule has 0 amide bonds. The maximum Gasteiger partial charge on any atom is 0.315 e. The summed E-state index contributed by atoms with van der Waals surface area (Å²) in [6.07, 6.45) is 1.38. The second kappa shape index (κ2) is 6.97. The van der Waals surface area contributed by atoms with Crippen molar-refractivity contribution >= 4 is 5.97 Å². The molecule has 1 aliphatic rings. The average Bonchev–Trinajstić information content (AvgIpc) is 3.39. The first-order valence-electron chi connectivity index (χ1n) is 8.14. The number of carbonyl (C=O) groups is 1. The molecule has 0 radical (unpaired) electrons. The van der Waals surface area contributed by atoms with E-state index >= 15 is 0 Å². The largest absolute Gasteiger partial charge is 0.465 e. The lowest BCUT2D eigenvalue weighted by Gasteiger charge is -2.26. The highest BCUT2D eigenvalue weighted by Gasteiger charge is 2.58. The maximum absolute atomic E-state index is 12.5. The first-order chi connectivity index (χ1) is 11.3. The molecule has 1 saturated carbocycles. The molecule has 3 rings (SSSR count). The fourth-order valence-electron chi connectivity index (χ4n) is 2.94. The zero-order valence-corrected chi connectivity index (χ0v) is 13.4. The molecule has 23 heavy (non-hydrogen) atoms. The fraction of sp³-hybridized carbons (Fsp3) is 0.350. The van der Waals surface area contributed by atoms with Crippen LogP contribution in [0.1, 0.15) is 37.0 Å². The summed E-state index contributed by atoms with van der Waals surface area (Å²) in [4.78, 5) is 12.5. The summed E-state index contributed by atoms with van der Waals surface area (Å²) in [5.74, 6) is -0.137. The number of rotatable bonds is 7. The second-order valence-electron chi connectivity index (χ2n) is 5.96. The van der Waals surface area contributed by atoms with Crippen LogP contribution in [0, 0.1) is 5.41 Å². The van der Waals surface area contributed by atoms with Crippen molar-refractivity contribution in [1.29, 1.82) is 0 Å². The molecular formula is C20H22O3. The van der Waals surface area contributed by atoms with Crippen LogP contribution in [0.25, 0.3) is 0 Å². The number of carbonyl (C=O) groups excluding carboxylic acids is 1. The monoisotopic (exact) mass is 310 g/mol. The van der Waals surface area contributed by atoms with E-state index in [1.807, 2.05) is 67.6 Å². The first kappa shape index (κ1) is 15.8. The van der Waals surface area contributed by atoms with Gasteiger partial charge in [-0.05, 0) is 30.9 Å². The van der Waals surface area contributed by atoms with Crippen molar-refractivity contribution in [2.24, 2.45) is 5.41 Å². The molecule has 3 nitrogen and oxygen atoms in total. The lowest BCUT2D eigenvalue weighted by molar-refractivity contribution is -0.157. The van der Waals surface area contributed by atoms with Gasteiger partial charge in [0, 0.05) is 0 Å². The van der Waals surface area contributed by atoms with Crippen molar-refractivity contribution in [3.63, 3.8) is 0 Å². The van der Waals surface area contributed by atoms with Crippen molar-refractivity contribution < 1.29 is 14.3 Å². The number of esters is 1. The molecule has 0 spiro atoms. The quantitative estimate of drug-likeness (QED) is 0.716. The molecule has 120 valence electrons. The minimum absolute atomic E-state index is 0.137. The molecule has 3 heteroatoms. The summed E-state index contributed by atoms with van der Waals surface area (Å²) < 4.78 is 11.5. The molecule has 1 aliphatic carbocycles. The minimum atomic E-state index is -0.522. The van der Waals surface area contributed by atoms with Crippen molar-refractivity contribution in [2.75, 3.05) is 6.61 Å². The van der Waals surface area contributed by atoms with Crippen molar-refractivity contribution in [3.05, 3.63) is 71.8 Å². The maximum atomic E-state index is 12.5. The molecule has 1 unspecified atom stereocenters. The van der Waals surface area contributed by atoms with Crippen LogP contribution >= 0.6 is 0 Å². The third-order valence-corrected chi connectivity index (χ3v) is 4.33. The number of hydrogen-bond acceptors (Lipinski definition) is 3. The van der Waals surface area contributed by atoms with Gasteiger partial charge in [0.25, 0.3) is 0 Å². The van der Waals surface area contributed by atoms with Crippen LogP contribution in [0.15, 0.2) is 60.7 Å². The van der Waals surface area contributed by atoms with E-state index in [2.05, 4.69) is 0 Å². The van der Waals surface area contributed by atoms with E-state index in [0.717, 1.165) is 24.0 Å². The lowest BCUT2D eigenvalue weighted by Crippen LogP contribution is -2.28. The van der Waals surface area contributed by atoms with Crippen LogP contribution in [0.4, 0.5) is 0 Å². The van der Waals surface area contributed by atoms with Gasteiger partial charge in [0.15, 0.2) is 0 Å². The smallest absolute Gasteiger partial charge is 0.315 e. The summed E-state index contributed by atoms with van der Waals surface area (Å²) in [7, 11) is 0. The highest BCUT2D eigenvalue weighted by molar-refractivity contribution is 5.81. The number of benzene rings is 2. The highest BCUT2D eigenvalue weighted by Crippen LogP contribution is 2.57. The van der Waals surface area contributed by atoms with E-state index in [4.69, 9.17) is 9.47 Å². The standard InChI is InChI=1S/C20H22O3/c1-2-22-19(21)20(13-14-20)18(17-11-7-4-8-12-17)23-15-16-9-5-3-6-10-16/h3-12,18H,2,13-15H2,1H3. The summed E-state index contributed by atoms with van der Waals surface area (Å²) in [6, 6.07) is 20.0. The molecular weight excluding hydrogens is 288 g/mol. The molecule has 0 aromatic heterocycles. The predicted octanol–water partition coefficient (Wildman–Crippen LogP) is 4.29. The normalized spacial score (nSPS) is 16.6. The lowest BCUT2D eigenvalue weighted by atomic mass is 9.92. The van der Waals surface area contributed by atoms with Crippen LogP contribution in [-0.4, -0.2) is 12.6 Å². The van der Waals surface area contributed by atoms with Crippen LogP contribution in [-0.2, 0) is 20.9 Å². The van der Waals surface area contributed by atoms with Gasteiger partial charge in [-0.2, -0.15) is 0 Å². The topological polar surface area (TPSA) is 35.5 Å². The summed E-state index contributed by atoms with van der Waals surface area (Å²) >= 11 is 0. The van der Waals surface area contributed by atoms with Gasteiger partial charge < -0.3 is 9.47 Å². The van der Waals surface area contributed by atoms with Gasteiger partial charge in [-0.25, -0.2) is 0 Å². The van der Waals surface area contributed by atoms with Crippen molar-refractivity contribution in [3.8, 4) is 0 Å². The van der Waals surface area contributed by atoms with E-state index in [1.165, 1.54) is 0 Å². The van der Waals surface area contributed by atoms with Crippen LogP contribution < -0.4 is 0 Å². The Bertz CT molecular complexity index is 632. The molecule has 1 fully saturated rings. The van der Waals surface area contributed by atoms with Gasteiger partial charge in [0.1, 0.15) is 0 Å². The van der Waals surface area contributed by atoms with Crippen molar-refractivity contribution in [2.45, 2.75) is 32.5 Å². The van der Waals surface area contributed by atoms with E-state index in [9.17, 15) is 4.79 Å².